The summed E-state index contributed by atoms with van der Waals surface area (Å²) in [7, 11) is 0. The van der Waals surface area contributed by atoms with Gasteiger partial charge in [0.25, 0.3) is 0 Å². The van der Waals surface area contributed by atoms with Crippen LogP contribution in [0.2, 0.25) is 0 Å². The summed E-state index contributed by atoms with van der Waals surface area (Å²) in [6.07, 6.45) is 0. The number of nitrogens with zero attached hydrogens (tertiary/aromatic N) is 2. The van der Waals surface area contributed by atoms with Crippen LogP contribution in [0.5, 0.6) is 0 Å². The fraction of sp³-hybridized carbons (Fsp3) is 0. The Kier molecular flexibility index (Phi) is 7.85. The van der Waals surface area contributed by atoms with Crippen molar-refractivity contribution in [2.75, 3.05) is 4.90 Å². The van der Waals surface area contributed by atoms with E-state index in [9.17, 15) is 0 Å². The lowest BCUT2D eigenvalue weighted by atomic mass is 9.90. The lowest BCUT2D eigenvalue weighted by molar-refractivity contribution is 1.18. The first-order valence-electron chi connectivity index (χ1n) is 18.5. The Bertz CT molecular complexity index is 2920. The monoisotopic (exact) mass is 688 g/mol. The van der Waals surface area contributed by atoms with E-state index < -0.39 is 0 Å². The van der Waals surface area contributed by atoms with Crippen LogP contribution in [0, 0.1) is 0 Å². The molecule has 9 aromatic carbocycles. The van der Waals surface area contributed by atoms with Gasteiger partial charge in [0.1, 0.15) is 0 Å². The largest absolute Gasteiger partial charge is 0.309 e. The second-order valence-electron chi connectivity index (χ2n) is 13.7. The highest BCUT2D eigenvalue weighted by molar-refractivity contribution is 6.17. The summed E-state index contributed by atoms with van der Waals surface area (Å²) in [5.74, 6) is 0. The number of para-hydroxylation sites is 3. The van der Waals surface area contributed by atoms with Crippen molar-refractivity contribution in [1.82, 2.24) is 4.57 Å². The molecular formula is C52H36N2. The third-order valence-electron chi connectivity index (χ3n) is 10.6. The van der Waals surface area contributed by atoms with Crippen LogP contribution in [0.4, 0.5) is 17.1 Å². The maximum atomic E-state index is 2.48. The second-order valence-corrected chi connectivity index (χ2v) is 13.7. The van der Waals surface area contributed by atoms with Crippen molar-refractivity contribution in [2.24, 2.45) is 0 Å². The van der Waals surface area contributed by atoms with E-state index in [1.165, 1.54) is 60.4 Å². The maximum absolute atomic E-state index is 2.48. The first-order valence-corrected chi connectivity index (χ1v) is 18.5. The van der Waals surface area contributed by atoms with Crippen LogP contribution < -0.4 is 4.90 Å². The Morgan fingerprint density at radius 3 is 1.69 bits per heavy atom. The first kappa shape index (κ1) is 31.6. The van der Waals surface area contributed by atoms with Gasteiger partial charge in [-0.2, -0.15) is 0 Å². The smallest absolute Gasteiger partial charge is 0.0562 e. The van der Waals surface area contributed by atoms with Crippen LogP contribution in [-0.4, -0.2) is 4.57 Å². The van der Waals surface area contributed by atoms with Crippen molar-refractivity contribution in [3.8, 4) is 39.1 Å². The average Bonchev–Trinajstić information content (AvgIpc) is 3.60. The molecule has 0 bridgehead atoms. The maximum Gasteiger partial charge on any atom is 0.0562 e. The van der Waals surface area contributed by atoms with E-state index in [1.807, 2.05) is 0 Å². The number of hydrogen-bond acceptors (Lipinski definition) is 1. The first-order chi connectivity index (χ1) is 26.8. The molecule has 0 N–H and O–H groups in total. The van der Waals surface area contributed by atoms with Gasteiger partial charge in [-0.05, 0) is 87.1 Å². The molecule has 1 heterocycles. The standard InChI is InChI=1S/C52H36N2/c1-4-18-38(19-5-1)43-27-12-14-30-48(43)54(51-33-17-32-50-52(51)46-28-13-15-31-49(46)53(50)40-24-8-3-9-25-40)41-34-35-45(47(36-41)39-20-6-2-7-21-39)44-29-16-23-37-22-10-11-26-42(37)44/h1-36H. The third-order valence-corrected chi connectivity index (χ3v) is 10.6. The van der Waals surface area contributed by atoms with Gasteiger partial charge < -0.3 is 9.47 Å². The molecule has 0 aliphatic rings. The van der Waals surface area contributed by atoms with Crippen LogP contribution in [0.25, 0.3) is 71.6 Å². The molecule has 0 aliphatic carbocycles. The molecule has 0 unspecified atom stereocenters. The summed E-state index contributed by atoms with van der Waals surface area (Å²) in [5, 5.41) is 4.90. The van der Waals surface area contributed by atoms with Crippen LogP contribution in [-0.2, 0) is 0 Å². The highest BCUT2D eigenvalue weighted by atomic mass is 15.2. The van der Waals surface area contributed by atoms with Crippen molar-refractivity contribution >= 4 is 49.6 Å². The molecule has 0 radical (unpaired) electrons. The van der Waals surface area contributed by atoms with Crippen LogP contribution in [0.1, 0.15) is 0 Å². The van der Waals surface area contributed by atoms with E-state index in [0.29, 0.717) is 0 Å². The van der Waals surface area contributed by atoms with Gasteiger partial charge in [0.15, 0.2) is 0 Å². The van der Waals surface area contributed by atoms with Crippen LogP contribution in [0.15, 0.2) is 218 Å². The number of anilines is 3. The molecule has 0 fully saturated rings. The number of fused-ring (bicyclic) bond motifs is 4. The van der Waals surface area contributed by atoms with Gasteiger partial charge in [-0.25, -0.2) is 0 Å². The molecule has 10 rings (SSSR count). The SMILES string of the molecule is c1ccc(-c2cc(N(c3ccccc3-c3ccccc3)c3cccc4c3c3ccccc3n4-c3ccccc3)ccc2-c2cccc3ccccc23)cc1. The van der Waals surface area contributed by atoms with Crippen LogP contribution in [0.3, 0.4) is 0 Å². The molecule has 2 nitrogen and oxygen atoms in total. The lowest BCUT2D eigenvalue weighted by Crippen LogP contribution is -2.12. The van der Waals surface area contributed by atoms with E-state index in [4.69, 9.17) is 0 Å². The minimum atomic E-state index is 1.09. The summed E-state index contributed by atoms with van der Waals surface area (Å²) in [4.78, 5) is 2.48. The van der Waals surface area contributed by atoms with Crippen molar-refractivity contribution in [1.29, 1.82) is 0 Å². The predicted molar refractivity (Wildman–Crippen MR) is 229 cm³/mol. The Balaban J connectivity index is 1.30. The van der Waals surface area contributed by atoms with E-state index in [1.54, 1.807) is 0 Å². The zero-order valence-electron chi connectivity index (χ0n) is 29.7. The molecule has 1 aromatic heterocycles. The van der Waals surface area contributed by atoms with Gasteiger partial charge in [0.05, 0.1) is 22.4 Å². The average molecular weight is 689 g/mol. The Labute approximate surface area is 315 Å². The summed E-state index contributed by atoms with van der Waals surface area (Å²) >= 11 is 0. The number of hydrogen-bond donors (Lipinski definition) is 0. The highest BCUT2D eigenvalue weighted by Crippen LogP contribution is 2.48. The molecule has 2 heteroatoms. The molecule has 254 valence electrons. The predicted octanol–water partition coefficient (Wildman–Crippen LogP) is 14.4. The summed E-state index contributed by atoms with van der Waals surface area (Å²) < 4.78 is 2.40. The molecule has 10 aromatic rings. The fourth-order valence-corrected chi connectivity index (χ4v) is 8.20. The van der Waals surface area contributed by atoms with Gasteiger partial charge in [-0.15, -0.1) is 0 Å². The van der Waals surface area contributed by atoms with Gasteiger partial charge in [0, 0.05) is 27.7 Å². The minimum Gasteiger partial charge on any atom is -0.309 e. The summed E-state index contributed by atoms with van der Waals surface area (Å²) in [6, 6.07) is 78.9. The van der Waals surface area contributed by atoms with Gasteiger partial charge in [-0.1, -0.05) is 170 Å². The van der Waals surface area contributed by atoms with Crippen molar-refractivity contribution in [3.63, 3.8) is 0 Å². The zero-order valence-corrected chi connectivity index (χ0v) is 29.7. The van der Waals surface area contributed by atoms with E-state index in [0.717, 1.165) is 28.3 Å². The van der Waals surface area contributed by atoms with Crippen molar-refractivity contribution < 1.29 is 0 Å². The molecular weight excluding hydrogens is 653 g/mol. The molecule has 0 saturated carbocycles. The van der Waals surface area contributed by atoms with E-state index >= 15 is 0 Å². The zero-order chi connectivity index (χ0) is 35.8. The molecule has 0 atom stereocenters. The fourth-order valence-electron chi connectivity index (χ4n) is 8.20. The normalized spacial score (nSPS) is 11.3. The van der Waals surface area contributed by atoms with Gasteiger partial charge in [-0.3, -0.25) is 0 Å². The third kappa shape index (κ3) is 5.36. The number of aromatic nitrogens is 1. The highest BCUT2D eigenvalue weighted by Gasteiger charge is 2.24. The van der Waals surface area contributed by atoms with Crippen LogP contribution >= 0.6 is 0 Å². The molecule has 0 aliphatic heterocycles. The molecule has 0 saturated heterocycles. The van der Waals surface area contributed by atoms with E-state index in [-0.39, 0.29) is 0 Å². The number of rotatable bonds is 7. The van der Waals surface area contributed by atoms with Crippen molar-refractivity contribution in [2.45, 2.75) is 0 Å². The molecule has 54 heavy (non-hydrogen) atoms. The summed E-state index contributed by atoms with van der Waals surface area (Å²) in [6.45, 7) is 0. The number of benzene rings is 9. The molecule has 0 amide bonds. The topological polar surface area (TPSA) is 8.17 Å². The Hall–Kier alpha value is -7.16. The lowest BCUT2D eigenvalue weighted by Gasteiger charge is -2.30. The van der Waals surface area contributed by atoms with Crippen molar-refractivity contribution in [3.05, 3.63) is 218 Å². The van der Waals surface area contributed by atoms with E-state index in [2.05, 4.69) is 228 Å². The van der Waals surface area contributed by atoms with Gasteiger partial charge in [0.2, 0.25) is 0 Å². The minimum absolute atomic E-state index is 1.09. The van der Waals surface area contributed by atoms with Gasteiger partial charge >= 0.3 is 0 Å². The summed E-state index contributed by atoms with van der Waals surface area (Å²) in [5.41, 5.74) is 13.9. The molecule has 0 spiro atoms. The second kappa shape index (κ2) is 13.4. The quantitative estimate of drug-likeness (QED) is 0.162. The Morgan fingerprint density at radius 2 is 0.889 bits per heavy atom. The Morgan fingerprint density at radius 1 is 0.333 bits per heavy atom.